The first-order valence-corrected chi connectivity index (χ1v) is 7.57. The van der Waals surface area contributed by atoms with Gasteiger partial charge in [-0.2, -0.15) is 0 Å². The summed E-state index contributed by atoms with van der Waals surface area (Å²) in [6.07, 6.45) is 5.61. The summed E-state index contributed by atoms with van der Waals surface area (Å²) >= 11 is 1.66. The Bertz CT molecular complexity index is 383. The molecule has 4 nitrogen and oxygen atoms in total. The van der Waals surface area contributed by atoms with Gasteiger partial charge in [-0.1, -0.05) is 12.8 Å². The number of likely N-dealkylation sites (tertiary alicyclic amines) is 1. The molecule has 100 valence electrons. The van der Waals surface area contributed by atoms with Gasteiger partial charge >= 0.3 is 6.03 Å². The standard InChI is InChI=1S/C13H21N3OS/c1-11-10-18-12(15-11)6-7-14-13(17)16-8-4-2-3-5-9-16/h10H,2-9H2,1H3,(H,14,17). The van der Waals surface area contributed by atoms with Gasteiger partial charge in [0.15, 0.2) is 0 Å². The SMILES string of the molecule is Cc1csc(CCNC(=O)N2CCCCCC2)n1. The number of nitrogens with zero attached hydrogens (tertiary/aromatic N) is 2. The van der Waals surface area contributed by atoms with Crippen LogP contribution in [-0.4, -0.2) is 35.5 Å². The summed E-state index contributed by atoms with van der Waals surface area (Å²) in [6, 6.07) is 0.0881. The normalized spacial score (nSPS) is 16.4. The topological polar surface area (TPSA) is 45.2 Å². The minimum Gasteiger partial charge on any atom is -0.338 e. The number of carbonyl (C=O) groups excluding carboxylic acids is 1. The average molecular weight is 267 g/mol. The van der Waals surface area contributed by atoms with Crippen LogP contribution in [0.2, 0.25) is 0 Å². The molecule has 0 atom stereocenters. The Hall–Kier alpha value is -1.10. The van der Waals surface area contributed by atoms with Crippen LogP contribution in [0.4, 0.5) is 4.79 Å². The molecule has 5 heteroatoms. The number of rotatable bonds is 3. The minimum absolute atomic E-state index is 0.0881. The van der Waals surface area contributed by atoms with Gasteiger partial charge < -0.3 is 10.2 Å². The van der Waals surface area contributed by atoms with Crippen LogP contribution in [0.1, 0.15) is 36.4 Å². The molecule has 0 aliphatic carbocycles. The lowest BCUT2D eigenvalue weighted by Crippen LogP contribution is -2.41. The van der Waals surface area contributed by atoms with Crippen molar-refractivity contribution < 1.29 is 4.79 Å². The molecule has 0 bridgehead atoms. The van der Waals surface area contributed by atoms with Crippen LogP contribution in [0.25, 0.3) is 0 Å². The van der Waals surface area contributed by atoms with E-state index in [1.807, 2.05) is 17.2 Å². The highest BCUT2D eigenvalue weighted by atomic mass is 32.1. The third kappa shape index (κ3) is 3.98. The number of nitrogens with one attached hydrogen (secondary N) is 1. The molecule has 18 heavy (non-hydrogen) atoms. The van der Waals surface area contributed by atoms with E-state index in [0.717, 1.165) is 43.1 Å². The third-order valence-electron chi connectivity index (χ3n) is 3.17. The molecule has 1 saturated heterocycles. The van der Waals surface area contributed by atoms with E-state index >= 15 is 0 Å². The molecule has 1 aromatic heterocycles. The van der Waals surface area contributed by atoms with E-state index in [-0.39, 0.29) is 6.03 Å². The Balaban J connectivity index is 1.70. The summed E-state index contributed by atoms with van der Waals surface area (Å²) in [5.41, 5.74) is 1.06. The molecule has 0 aromatic carbocycles. The lowest BCUT2D eigenvalue weighted by Gasteiger charge is -2.20. The first-order chi connectivity index (χ1) is 8.75. The highest BCUT2D eigenvalue weighted by Crippen LogP contribution is 2.10. The second kappa shape index (κ2) is 6.73. The fourth-order valence-electron chi connectivity index (χ4n) is 2.18. The number of hydrogen-bond acceptors (Lipinski definition) is 3. The van der Waals surface area contributed by atoms with Gasteiger partial charge in [-0.25, -0.2) is 9.78 Å². The Labute approximate surface area is 112 Å². The van der Waals surface area contributed by atoms with Gasteiger partial charge in [0.1, 0.15) is 0 Å². The monoisotopic (exact) mass is 267 g/mol. The summed E-state index contributed by atoms with van der Waals surface area (Å²) < 4.78 is 0. The van der Waals surface area contributed by atoms with Gasteiger partial charge in [0.2, 0.25) is 0 Å². The Morgan fingerprint density at radius 2 is 2.11 bits per heavy atom. The number of carbonyl (C=O) groups is 1. The van der Waals surface area contributed by atoms with E-state index in [1.165, 1.54) is 12.8 Å². The van der Waals surface area contributed by atoms with Crippen molar-refractivity contribution in [3.63, 3.8) is 0 Å². The molecule has 0 saturated carbocycles. The van der Waals surface area contributed by atoms with Crippen molar-refractivity contribution in [3.8, 4) is 0 Å². The lowest BCUT2D eigenvalue weighted by atomic mass is 10.2. The van der Waals surface area contributed by atoms with E-state index in [9.17, 15) is 4.79 Å². The highest BCUT2D eigenvalue weighted by molar-refractivity contribution is 7.09. The van der Waals surface area contributed by atoms with E-state index in [0.29, 0.717) is 6.54 Å². The fourth-order valence-corrected chi connectivity index (χ4v) is 2.96. The van der Waals surface area contributed by atoms with Gasteiger partial charge in [-0.05, 0) is 19.8 Å². The lowest BCUT2D eigenvalue weighted by molar-refractivity contribution is 0.200. The van der Waals surface area contributed by atoms with Crippen molar-refractivity contribution in [3.05, 3.63) is 16.1 Å². The molecule has 1 aliphatic rings. The molecule has 2 rings (SSSR count). The first-order valence-electron chi connectivity index (χ1n) is 6.69. The van der Waals surface area contributed by atoms with Crippen molar-refractivity contribution in [2.24, 2.45) is 0 Å². The van der Waals surface area contributed by atoms with Crippen LogP contribution >= 0.6 is 11.3 Å². The molecule has 1 N–H and O–H groups in total. The molecule has 0 unspecified atom stereocenters. The molecule has 1 fully saturated rings. The number of hydrogen-bond donors (Lipinski definition) is 1. The molecular formula is C13H21N3OS. The largest absolute Gasteiger partial charge is 0.338 e. The number of aromatic nitrogens is 1. The minimum atomic E-state index is 0.0881. The number of amides is 2. The molecule has 1 aromatic rings. The zero-order valence-electron chi connectivity index (χ0n) is 10.9. The molecule has 0 spiro atoms. The smallest absolute Gasteiger partial charge is 0.317 e. The Morgan fingerprint density at radius 3 is 2.72 bits per heavy atom. The van der Waals surface area contributed by atoms with Gasteiger partial charge in [0.05, 0.1) is 5.01 Å². The van der Waals surface area contributed by atoms with Gasteiger partial charge in [-0.3, -0.25) is 0 Å². The molecule has 0 radical (unpaired) electrons. The maximum atomic E-state index is 11.9. The summed E-state index contributed by atoms with van der Waals surface area (Å²) in [4.78, 5) is 18.3. The molecule has 2 heterocycles. The predicted octanol–water partition coefficient (Wildman–Crippen LogP) is 2.58. The van der Waals surface area contributed by atoms with Crippen LogP contribution in [0.5, 0.6) is 0 Å². The van der Waals surface area contributed by atoms with E-state index in [4.69, 9.17) is 0 Å². The molecular weight excluding hydrogens is 246 g/mol. The number of aryl methyl sites for hydroxylation is 1. The average Bonchev–Trinajstić information content (AvgIpc) is 2.63. The highest BCUT2D eigenvalue weighted by Gasteiger charge is 2.14. The maximum absolute atomic E-state index is 11.9. The van der Waals surface area contributed by atoms with Crippen molar-refractivity contribution in [2.75, 3.05) is 19.6 Å². The summed E-state index contributed by atoms with van der Waals surface area (Å²) in [5.74, 6) is 0. The second-order valence-corrected chi connectivity index (χ2v) is 5.71. The Kier molecular flexibility index (Phi) is 4.99. The van der Waals surface area contributed by atoms with Crippen molar-refractivity contribution in [2.45, 2.75) is 39.0 Å². The number of thiazole rings is 1. The zero-order valence-corrected chi connectivity index (χ0v) is 11.8. The van der Waals surface area contributed by atoms with Crippen molar-refractivity contribution in [1.29, 1.82) is 0 Å². The molecule has 2 amide bonds. The van der Waals surface area contributed by atoms with Gasteiger partial charge in [0.25, 0.3) is 0 Å². The second-order valence-electron chi connectivity index (χ2n) is 4.77. The summed E-state index contributed by atoms with van der Waals surface area (Å²) in [5, 5.41) is 6.14. The quantitative estimate of drug-likeness (QED) is 0.915. The van der Waals surface area contributed by atoms with E-state index < -0.39 is 0 Å². The van der Waals surface area contributed by atoms with Crippen LogP contribution < -0.4 is 5.32 Å². The van der Waals surface area contributed by atoms with Crippen LogP contribution in [0.3, 0.4) is 0 Å². The predicted molar refractivity (Wildman–Crippen MR) is 74.0 cm³/mol. The van der Waals surface area contributed by atoms with Gasteiger partial charge in [-0.15, -0.1) is 11.3 Å². The maximum Gasteiger partial charge on any atom is 0.317 e. The summed E-state index contributed by atoms with van der Waals surface area (Å²) in [7, 11) is 0. The Morgan fingerprint density at radius 1 is 1.39 bits per heavy atom. The van der Waals surface area contributed by atoms with Crippen LogP contribution in [0.15, 0.2) is 5.38 Å². The zero-order chi connectivity index (χ0) is 12.8. The van der Waals surface area contributed by atoms with Crippen LogP contribution in [-0.2, 0) is 6.42 Å². The summed E-state index contributed by atoms with van der Waals surface area (Å²) in [6.45, 7) is 4.49. The fraction of sp³-hybridized carbons (Fsp3) is 0.692. The van der Waals surface area contributed by atoms with Crippen LogP contribution in [0, 0.1) is 6.92 Å². The van der Waals surface area contributed by atoms with Crippen molar-refractivity contribution in [1.82, 2.24) is 15.2 Å². The van der Waals surface area contributed by atoms with E-state index in [1.54, 1.807) is 11.3 Å². The third-order valence-corrected chi connectivity index (χ3v) is 4.20. The van der Waals surface area contributed by atoms with Crippen molar-refractivity contribution >= 4 is 17.4 Å². The molecule has 1 aliphatic heterocycles. The first kappa shape index (κ1) is 13.3. The number of urea groups is 1. The van der Waals surface area contributed by atoms with Gasteiger partial charge in [0, 0.05) is 37.1 Å². The van der Waals surface area contributed by atoms with E-state index in [2.05, 4.69) is 10.3 Å².